The number of hydrogen-bond donors (Lipinski definition) is 2. The number of ether oxygens (including phenoxy) is 1. The van der Waals surface area contributed by atoms with Gasteiger partial charge in [0.2, 0.25) is 11.8 Å². The smallest absolute Gasteiger partial charge is 0.236 e. The summed E-state index contributed by atoms with van der Waals surface area (Å²) in [6.45, 7) is 1.63. The predicted molar refractivity (Wildman–Crippen MR) is 86.9 cm³/mol. The van der Waals surface area contributed by atoms with Crippen LogP contribution in [0.1, 0.15) is 18.4 Å². The monoisotopic (exact) mass is 331 g/mol. The van der Waals surface area contributed by atoms with E-state index in [1.165, 1.54) is 13.1 Å². The molecule has 0 saturated carbocycles. The van der Waals surface area contributed by atoms with Gasteiger partial charge >= 0.3 is 0 Å². The summed E-state index contributed by atoms with van der Waals surface area (Å²) in [5.74, 6) is -0.0390. The summed E-state index contributed by atoms with van der Waals surface area (Å²) in [5.41, 5.74) is 1.19. The molecular weight excluding hydrogens is 318 g/mol. The molecule has 118 valence electrons. The number of benzene rings is 1. The van der Waals surface area contributed by atoms with Crippen LogP contribution in [0.4, 0.5) is 11.5 Å². The minimum atomic E-state index is -0.476. The molecule has 2 N–H and O–H groups in total. The van der Waals surface area contributed by atoms with Gasteiger partial charge in [0, 0.05) is 23.7 Å². The fourth-order valence-electron chi connectivity index (χ4n) is 2.40. The van der Waals surface area contributed by atoms with Crippen LogP contribution in [0, 0.1) is 0 Å². The Balaban J connectivity index is 1.82. The molecule has 0 fully saturated rings. The number of hydrogen-bond acceptors (Lipinski definition) is 4. The fourth-order valence-corrected chi connectivity index (χ4v) is 2.58. The van der Waals surface area contributed by atoms with E-state index in [0.29, 0.717) is 22.3 Å². The van der Waals surface area contributed by atoms with Gasteiger partial charge in [-0.05, 0) is 30.3 Å². The molecule has 0 spiro atoms. The summed E-state index contributed by atoms with van der Waals surface area (Å²) in [6.07, 6.45) is 1.54. The number of aromatic nitrogens is 1. The summed E-state index contributed by atoms with van der Waals surface area (Å²) < 4.78 is 5.51. The van der Waals surface area contributed by atoms with Crippen molar-refractivity contribution in [3.8, 4) is 5.75 Å². The van der Waals surface area contributed by atoms with Crippen molar-refractivity contribution in [2.24, 2.45) is 0 Å². The van der Waals surface area contributed by atoms with Gasteiger partial charge in [-0.2, -0.15) is 0 Å². The van der Waals surface area contributed by atoms with Gasteiger partial charge in [0.1, 0.15) is 18.3 Å². The third-order valence-corrected chi connectivity index (χ3v) is 3.66. The Labute approximate surface area is 137 Å². The molecule has 0 bridgehead atoms. The molecule has 7 heteroatoms. The number of pyridine rings is 1. The maximum Gasteiger partial charge on any atom is 0.236 e. The van der Waals surface area contributed by atoms with Gasteiger partial charge in [-0.15, -0.1) is 0 Å². The molecule has 2 heterocycles. The van der Waals surface area contributed by atoms with E-state index in [-0.39, 0.29) is 18.4 Å². The van der Waals surface area contributed by atoms with E-state index in [1.807, 2.05) is 0 Å². The van der Waals surface area contributed by atoms with Gasteiger partial charge in [0.25, 0.3) is 0 Å². The molecule has 3 rings (SSSR count). The minimum absolute atomic E-state index is 0.240. The second-order valence-corrected chi connectivity index (χ2v) is 5.55. The van der Waals surface area contributed by atoms with Crippen LogP contribution in [0.15, 0.2) is 36.5 Å². The van der Waals surface area contributed by atoms with Gasteiger partial charge in [-0.3, -0.25) is 9.59 Å². The molecule has 2 amide bonds. The number of anilines is 2. The lowest BCUT2D eigenvalue weighted by molar-refractivity contribution is -0.118. The number of amides is 2. The molecule has 1 unspecified atom stereocenters. The van der Waals surface area contributed by atoms with Crippen LogP contribution >= 0.6 is 11.6 Å². The number of fused-ring (bicyclic) bond motifs is 1. The number of carbonyl (C=O) groups is 2. The Bertz CT molecular complexity index is 779. The first-order valence-electron chi connectivity index (χ1n) is 7.00. The van der Waals surface area contributed by atoms with Crippen molar-refractivity contribution in [2.75, 3.05) is 17.2 Å². The highest BCUT2D eigenvalue weighted by molar-refractivity contribution is 6.30. The predicted octanol–water partition coefficient (Wildman–Crippen LogP) is 2.81. The molecule has 1 aliphatic rings. The summed E-state index contributed by atoms with van der Waals surface area (Å²) in [5, 5.41) is 5.90. The molecule has 0 aliphatic carbocycles. The second kappa shape index (κ2) is 6.26. The lowest BCUT2D eigenvalue weighted by Crippen LogP contribution is -2.23. The van der Waals surface area contributed by atoms with Gasteiger partial charge in [0.15, 0.2) is 5.82 Å². The number of nitrogens with one attached hydrogen (secondary N) is 2. The molecule has 23 heavy (non-hydrogen) atoms. The zero-order valence-corrected chi connectivity index (χ0v) is 13.1. The van der Waals surface area contributed by atoms with E-state index in [9.17, 15) is 9.59 Å². The molecule has 2 aromatic rings. The van der Waals surface area contributed by atoms with Crippen molar-refractivity contribution >= 4 is 34.9 Å². The summed E-state index contributed by atoms with van der Waals surface area (Å²) >= 11 is 5.99. The van der Waals surface area contributed by atoms with E-state index in [4.69, 9.17) is 16.3 Å². The van der Waals surface area contributed by atoms with Crippen LogP contribution in [0.2, 0.25) is 5.02 Å². The zero-order chi connectivity index (χ0) is 16.4. The van der Waals surface area contributed by atoms with E-state index >= 15 is 0 Å². The number of carbonyl (C=O) groups excluding carboxylic acids is 2. The van der Waals surface area contributed by atoms with Crippen LogP contribution in [-0.2, 0) is 9.59 Å². The Hall–Kier alpha value is -2.60. The molecule has 6 nitrogen and oxygen atoms in total. The molecule has 1 aliphatic heterocycles. The van der Waals surface area contributed by atoms with Gasteiger partial charge in [-0.25, -0.2) is 4.98 Å². The highest BCUT2D eigenvalue weighted by Gasteiger charge is 2.31. The van der Waals surface area contributed by atoms with Crippen LogP contribution in [-0.4, -0.2) is 23.4 Å². The topological polar surface area (TPSA) is 80.3 Å². The molecule has 0 saturated heterocycles. The van der Waals surface area contributed by atoms with Gasteiger partial charge in [-0.1, -0.05) is 11.6 Å². The van der Waals surface area contributed by atoms with Crippen LogP contribution in [0.3, 0.4) is 0 Å². The molecule has 1 aromatic heterocycles. The maximum absolute atomic E-state index is 12.5. The lowest BCUT2D eigenvalue weighted by Gasteiger charge is -2.13. The van der Waals surface area contributed by atoms with Crippen molar-refractivity contribution in [1.82, 2.24) is 4.98 Å². The quantitative estimate of drug-likeness (QED) is 0.906. The highest BCUT2D eigenvalue weighted by atomic mass is 35.5. The lowest BCUT2D eigenvalue weighted by atomic mass is 10.0. The Kier molecular flexibility index (Phi) is 4.16. The minimum Gasteiger partial charge on any atom is -0.492 e. The Morgan fingerprint density at radius 3 is 2.91 bits per heavy atom. The number of rotatable bonds is 3. The van der Waals surface area contributed by atoms with Crippen molar-refractivity contribution in [1.29, 1.82) is 0 Å². The van der Waals surface area contributed by atoms with Crippen LogP contribution in [0.25, 0.3) is 0 Å². The average molecular weight is 332 g/mol. The fraction of sp³-hybridized carbons (Fsp3) is 0.188. The summed E-state index contributed by atoms with van der Waals surface area (Å²) in [6, 6.07) is 8.53. The Morgan fingerprint density at radius 1 is 1.30 bits per heavy atom. The number of nitrogens with zero attached hydrogens (tertiary/aromatic N) is 1. The third kappa shape index (κ3) is 3.27. The van der Waals surface area contributed by atoms with E-state index < -0.39 is 5.92 Å². The van der Waals surface area contributed by atoms with Crippen molar-refractivity contribution in [3.05, 3.63) is 47.1 Å². The molecular formula is C16H14ClN3O3. The highest BCUT2D eigenvalue weighted by Crippen LogP contribution is 2.36. The largest absolute Gasteiger partial charge is 0.492 e. The Morgan fingerprint density at radius 2 is 2.13 bits per heavy atom. The average Bonchev–Trinajstić information content (AvgIpc) is 2.91. The van der Waals surface area contributed by atoms with E-state index in [0.717, 1.165) is 5.56 Å². The van der Waals surface area contributed by atoms with E-state index in [2.05, 4.69) is 15.6 Å². The number of halogens is 1. The van der Waals surface area contributed by atoms with Crippen LogP contribution < -0.4 is 15.4 Å². The first-order chi connectivity index (χ1) is 11.0. The van der Waals surface area contributed by atoms with Crippen molar-refractivity contribution in [3.63, 3.8) is 0 Å². The first-order valence-corrected chi connectivity index (χ1v) is 7.38. The van der Waals surface area contributed by atoms with Crippen molar-refractivity contribution in [2.45, 2.75) is 12.8 Å². The van der Waals surface area contributed by atoms with Crippen LogP contribution in [0.5, 0.6) is 5.75 Å². The second-order valence-electron chi connectivity index (χ2n) is 5.12. The first kappa shape index (κ1) is 15.3. The molecule has 1 aromatic carbocycles. The van der Waals surface area contributed by atoms with Gasteiger partial charge in [0.05, 0.1) is 5.69 Å². The van der Waals surface area contributed by atoms with Gasteiger partial charge < -0.3 is 15.4 Å². The molecule has 0 radical (unpaired) electrons. The molecule has 1 atom stereocenters. The third-order valence-electron chi connectivity index (χ3n) is 3.43. The SMILES string of the molecule is CC(=O)Nc1cccnc1NC(=O)C1COc2ccc(Cl)cc21. The van der Waals surface area contributed by atoms with Crippen molar-refractivity contribution < 1.29 is 14.3 Å². The summed E-state index contributed by atoms with van der Waals surface area (Å²) in [7, 11) is 0. The zero-order valence-electron chi connectivity index (χ0n) is 12.3. The summed E-state index contributed by atoms with van der Waals surface area (Å²) in [4.78, 5) is 27.9. The maximum atomic E-state index is 12.5. The normalized spacial score (nSPS) is 15.5. The standard InChI is InChI=1S/C16H14ClN3O3/c1-9(21)19-13-3-2-6-18-15(13)20-16(22)12-8-23-14-5-4-10(17)7-11(12)14/h2-7,12H,8H2,1H3,(H,19,21)(H,18,20,22). The van der Waals surface area contributed by atoms with E-state index in [1.54, 1.807) is 30.3 Å².